The number of nitrogens with one attached hydrogen (secondary N) is 1. The Labute approximate surface area is 205 Å². The van der Waals surface area contributed by atoms with Crippen LogP contribution in [0.3, 0.4) is 0 Å². The van der Waals surface area contributed by atoms with Gasteiger partial charge in [-0.25, -0.2) is 4.39 Å². The predicted octanol–water partition coefficient (Wildman–Crippen LogP) is 5.54. The van der Waals surface area contributed by atoms with Gasteiger partial charge in [-0.05, 0) is 65.4 Å². The number of phenolic OH excluding ortho intramolecular Hbond substituents is 1. The molecule has 6 heteroatoms. The van der Waals surface area contributed by atoms with Crippen LogP contribution in [0.25, 0.3) is 5.57 Å². The quantitative estimate of drug-likeness (QED) is 0.449. The molecule has 4 rings (SSSR count). The molecule has 0 aromatic heterocycles. The Bertz CT molecular complexity index is 1260. The second kappa shape index (κ2) is 9.82. The molecule has 1 unspecified atom stereocenters. The molecule has 5 nitrogen and oxygen atoms in total. The summed E-state index contributed by atoms with van der Waals surface area (Å²) in [7, 11) is 2.98. The van der Waals surface area contributed by atoms with E-state index in [9.17, 15) is 14.3 Å². The van der Waals surface area contributed by atoms with Crippen molar-refractivity contribution in [3.63, 3.8) is 0 Å². The molecule has 35 heavy (non-hydrogen) atoms. The molecule has 3 aromatic rings. The zero-order valence-corrected chi connectivity index (χ0v) is 20.4. The van der Waals surface area contributed by atoms with Gasteiger partial charge in [0.1, 0.15) is 5.82 Å². The molecule has 0 saturated carbocycles. The van der Waals surface area contributed by atoms with Crippen LogP contribution in [0.4, 0.5) is 4.39 Å². The summed E-state index contributed by atoms with van der Waals surface area (Å²) in [6.07, 6.45) is 0.715. The predicted molar refractivity (Wildman–Crippen MR) is 134 cm³/mol. The van der Waals surface area contributed by atoms with Crippen LogP contribution in [-0.2, 0) is 23.2 Å². The summed E-state index contributed by atoms with van der Waals surface area (Å²) >= 11 is 0. The first-order chi connectivity index (χ1) is 16.8. The van der Waals surface area contributed by atoms with Crippen molar-refractivity contribution in [1.82, 2.24) is 5.32 Å². The van der Waals surface area contributed by atoms with Crippen LogP contribution in [0.5, 0.6) is 17.2 Å². The van der Waals surface area contributed by atoms with Gasteiger partial charge in [-0.1, -0.05) is 48.9 Å². The molecule has 182 valence electrons. The molecule has 0 aliphatic heterocycles. The van der Waals surface area contributed by atoms with E-state index in [0.717, 1.165) is 33.4 Å². The van der Waals surface area contributed by atoms with E-state index in [1.165, 1.54) is 26.4 Å². The number of hydrogen-bond acceptors (Lipinski definition) is 4. The Morgan fingerprint density at radius 2 is 1.66 bits per heavy atom. The lowest BCUT2D eigenvalue weighted by Crippen LogP contribution is -2.25. The Kier molecular flexibility index (Phi) is 6.83. The van der Waals surface area contributed by atoms with E-state index < -0.39 is 5.41 Å². The van der Waals surface area contributed by atoms with Crippen LogP contribution in [0.1, 0.15) is 42.5 Å². The number of amides is 1. The summed E-state index contributed by atoms with van der Waals surface area (Å²) in [6.45, 7) is 4.54. The fourth-order valence-corrected chi connectivity index (χ4v) is 4.92. The van der Waals surface area contributed by atoms with Gasteiger partial charge in [-0.15, -0.1) is 0 Å². The second-order valence-corrected chi connectivity index (χ2v) is 9.09. The molecular weight excluding hydrogens is 445 g/mol. The van der Waals surface area contributed by atoms with Crippen molar-refractivity contribution >= 4 is 11.5 Å². The van der Waals surface area contributed by atoms with Crippen molar-refractivity contribution in [2.24, 2.45) is 0 Å². The number of ether oxygens (including phenoxy) is 2. The highest BCUT2D eigenvalue weighted by atomic mass is 19.1. The minimum absolute atomic E-state index is 0.0548. The van der Waals surface area contributed by atoms with E-state index in [2.05, 4.69) is 12.2 Å². The highest BCUT2D eigenvalue weighted by molar-refractivity contribution is 5.93. The number of carbonyl (C=O) groups excluding carboxylic acids is 1. The van der Waals surface area contributed by atoms with Gasteiger partial charge < -0.3 is 19.9 Å². The zero-order valence-electron chi connectivity index (χ0n) is 20.4. The van der Waals surface area contributed by atoms with Crippen molar-refractivity contribution in [2.45, 2.75) is 38.6 Å². The van der Waals surface area contributed by atoms with Gasteiger partial charge in [0.15, 0.2) is 11.5 Å². The number of hydrogen-bond donors (Lipinski definition) is 2. The summed E-state index contributed by atoms with van der Waals surface area (Å²) in [5.74, 6) is 0.136. The lowest BCUT2D eigenvalue weighted by molar-refractivity contribution is -0.120. The lowest BCUT2D eigenvalue weighted by Gasteiger charge is -2.29. The van der Waals surface area contributed by atoms with Gasteiger partial charge in [0.2, 0.25) is 11.7 Å². The molecule has 0 spiro atoms. The van der Waals surface area contributed by atoms with Crippen LogP contribution in [0.15, 0.2) is 66.2 Å². The fourth-order valence-electron chi connectivity index (χ4n) is 4.92. The van der Waals surface area contributed by atoms with Gasteiger partial charge in [0.25, 0.3) is 0 Å². The largest absolute Gasteiger partial charge is 0.502 e. The monoisotopic (exact) mass is 475 g/mol. The molecule has 0 heterocycles. The SMILES string of the molecule is COc1cc(CC2(C)C(C)=C(CC(=O)NCc3ccccc3)c3cc(F)ccc32)cc(OC)c1O. The minimum atomic E-state index is -0.481. The van der Waals surface area contributed by atoms with Gasteiger partial charge in [0.05, 0.1) is 20.6 Å². The standard InChI is InChI=1S/C29H30FNO4/c1-18-22(15-27(32)31-17-19-8-6-5-7-9-19)23-14-21(30)10-11-24(23)29(18,2)16-20-12-25(34-3)28(33)26(13-20)35-4/h5-14,33H,15-17H2,1-4H3,(H,31,32). The Hall–Kier alpha value is -3.80. The Morgan fingerprint density at radius 1 is 1.00 bits per heavy atom. The van der Waals surface area contributed by atoms with Crippen LogP contribution < -0.4 is 14.8 Å². The fraction of sp³-hybridized carbons (Fsp3) is 0.276. The average molecular weight is 476 g/mol. The molecule has 0 fully saturated rings. The molecule has 1 aliphatic carbocycles. The van der Waals surface area contributed by atoms with E-state index >= 15 is 0 Å². The summed E-state index contributed by atoms with van der Waals surface area (Å²) in [5.41, 5.74) is 5.01. The molecule has 1 amide bonds. The maximum absolute atomic E-state index is 14.3. The first kappa shape index (κ1) is 24.3. The number of benzene rings is 3. The third kappa shape index (κ3) is 4.74. The topological polar surface area (TPSA) is 67.8 Å². The number of halogens is 1. The maximum atomic E-state index is 14.3. The van der Waals surface area contributed by atoms with Gasteiger partial charge in [-0.2, -0.15) is 0 Å². The van der Waals surface area contributed by atoms with Gasteiger partial charge in [-0.3, -0.25) is 4.79 Å². The van der Waals surface area contributed by atoms with E-state index in [-0.39, 0.29) is 23.9 Å². The number of fused-ring (bicyclic) bond motifs is 1. The molecule has 0 bridgehead atoms. The molecule has 0 radical (unpaired) electrons. The van der Waals surface area contributed by atoms with Gasteiger partial charge in [0, 0.05) is 12.0 Å². The number of phenols is 1. The number of aromatic hydroxyl groups is 1. The van der Waals surface area contributed by atoms with Crippen molar-refractivity contribution in [3.05, 3.63) is 94.3 Å². The maximum Gasteiger partial charge on any atom is 0.224 e. The molecule has 1 atom stereocenters. The summed E-state index contributed by atoms with van der Waals surface area (Å²) < 4.78 is 25.0. The number of carbonyl (C=O) groups is 1. The third-order valence-corrected chi connectivity index (χ3v) is 6.95. The van der Waals surface area contributed by atoms with E-state index in [4.69, 9.17) is 9.47 Å². The first-order valence-electron chi connectivity index (χ1n) is 11.5. The molecule has 2 N–H and O–H groups in total. The van der Waals surface area contributed by atoms with E-state index in [1.807, 2.05) is 37.3 Å². The first-order valence-corrected chi connectivity index (χ1v) is 11.5. The second-order valence-electron chi connectivity index (χ2n) is 9.09. The van der Waals surface area contributed by atoms with E-state index in [0.29, 0.717) is 24.5 Å². The smallest absolute Gasteiger partial charge is 0.224 e. The minimum Gasteiger partial charge on any atom is -0.502 e. The van der Waals surface area contributed by atoms with Crippen molar-refractivity contribution in [3.8, 4) is 17.2 Å². The molecule has 1 aliphatic rings. The summed E-state index contributed by atoms with van der Waals surface area (Å²) in [4.78, 5) is 12.9. The number of rotatable bonds is 8. The Balaban J connectivity index is 1.66. The molecule has 0 saturated heterocycles. The van der Waals surface area contributed by atoms with Crippen molar-refractivity contribution in [2.75, 3.05) is 14.2 Å². The average Bonchev–Trinajstić information content (AvgIpc) is 3.05. The summed E-state index contributed by atoms with van der Waals surface area (Å²) in [6, 6.07) is 18.1. The van der Waals surface area contributed by atoms with Crippen LogP contribution in [0, 0.1) is 5.82 Å². The van der Waals surface area contributed by atoms with Crippen molar-refractivity contribution in [1.29, 1.82) is 0 Å². The third-order valence-electron chi connectivity index (χ3n) is 6.95. The van der Waals surface area contributed by atoms with E-state index in [1.54, 1.807) is 18.2 Å². The van der Waals surface area contributed by atoms with Crippen LogP contribution in [-0.4, -0.2) is 25.2 Å². The highest BCUT2D eigenvalue weighted by Gasteiger charge is 2.40. The zero-order chi connectivity index (χ0) is 25.2. The number of methoxy groups -OCH3 is 2. The normalized spacial score (nSPS) is 16.7. The molecule has 3 aromatic carbocycles. The molecular formula is C29H30FNO4. The van der Waals surface area contributed by atoms with Gasteiger partial charge >= 0.3 is 0 Å². The number of allylic oxidation sites excluding steroid dienone is 1. The van der Waals surface area contributed by atoms with Crippen LogP contribution >= 0.6 is 0 Å². The van der Waals surface area contributed by atoms with Crippen LogP contribution in [0.2, 0.25) is 0 Å². The highest BCUT2D eigenvalue weighted by Crippen LogP contribution is 2.50. The Morgan fingerprint density at radius 3 is 2.29 bits per heavy atom. The summed E-state index contributed by atoms with van der Waals surface area (Å²) in [5, 5.41) is 13.3. The van der Waals surface area contributed by atoms with Crippen molar-refractivity contribution < 1.29 is 23.8 Å². The lowest BCUT2D eigenvalue weighted by atomic mass is 9.75.